The van der Waals surface area contributed by atoms with Gasteiger partial charge in [-0.2, -0.15) is 5.10 Å². The topological polar surface area (TPSA) is 41.5 Å². The molecule has 0 spiro atoms. The van der Waals surface area contributed by atoms with Crippen LogP contribution in [0.25, 0.3) is 16.8 Å². The first-order chi connectivity index (χ1) is 12.2. The lowest BCUT2D eigenvalue weighted by Crippen LogP contribution is -2.20. The van der Waals surface area contributed by atoms with Crippen LogP contribution in [0.2, 0.25) is 0 Å². The maximum Gasteiger partial charge on any atom is 0.244 e. The fourth-order valence-corrected chi connectivity index (χ4v) is 2.63. The van der Waals surface area contributed by atoms with Gasteiger partial charge in [0.1, 0.15) is 0 Å². The zero-order chi connectivity index (χ0) is 17.5. The summed E-state index contributed by atoms with van der Waals surface area (Å²) in [5.74, 6) is -0.121. The normalized spacial score (nSPS) is 11.8. The Bertz CT molecular complexity index is 922. The van der Waals surface area contributed by atoms with Gasteiger partial charge in [0, 0.05) is 0 Å². The van der Waals surface area contributed by atoms with E-state index in [-0.39, 0.29) is 5.91 Å². The SMILES string of the molecule is CC(C=Cc1ccccc1)=NNC(=O)Cc1cccc2ccccc12. The van der Waals surface area contributed by atoms with Crippen LogP contribution in [0.5, 0.6) is 0 Å². The number of amides is 1. The lowest BCUT2D eigenvalue weighted by atomic mass is 10.0. The second-order valence-corrected chi connectivity index (χ2v) is 5.85. The van der Waals surface area contributed by atoms with Crippen molar-refractivity contribution in [3.05, 3.63) is 90.0 Å². The summed E-state index contributed by atoms with van der Waals surface area (Å²) in [6, 6.07) is 24.1. The molecule has 0 saturated heterocycles. The molecule has 3 aromatic carbocycles. The van der Waals surface area contributed by atoms with Crippen LogP contribution >= 0.6 is 0 Å². The second kappa shape index (κ2) is 8.06. The van der Waals surface area contributed by atoms with E-state index in [1.807, 2.05) is 91.9 Å². The zero-order valence-corrected chi connectivity index (χ0v) is 14.1. The molecule has 124 valence electrons. The van der Waals surface area contributed by atoms with Gasteiger partial charge in [-0.15, -0.1) is 0 Å². The molecule has 0 aliphatic rings. The zero-order valence-electron chi connectivity index (χ0n) is 14.1. The third-order valence-electron chi connectivity index (χ3n) is 3.90. The van der Waals surface area contributed by atoms with Crippen molar-refractivity contribution in [1.82, 2.24) is 5.43 Å². The smallest absolute Gasteiger partial charge is 0.244 e. The summed E-state index contributed by atoms with van der Waals surface area (Å²) in [6.45, 7) is 1.86. The Kier molecular flexibility index (Phi) is 5.37. The van der Waals surface area contributed by atoms with Crippen molar-refractivity contribution >= 4 is 28.5 Å². The molecule has 0 fully saturated rings. The summed E-state index contributed by atoms with van der Waals surface area (Å²) < 4.78 is 0. The average molecular weight is 328 g/mol. The highest BCUT2D eigenvalue weighted by Gasteiger charge is 2.06. The summed E-state index contributed by atoms with van der Waals surface area (Å²) in [5, 5.41) is 6.38. The van der Waals surface area contributed by atoms with E-state index in [0.29, 0.717) is 6.42 Å². The molecule has 3 aromatic rings. The van der Waals surface area contributed by atoms with E-state index in [9.17, 15) is 4.79 Å². The Morgan fingerprint density at radius 2 is 1.68 bits per heavy atom. The van der Waals surface area contributed by atoms with Crippen LogP contribution < -0.4 is 5.43 Å². The number of allylic oxidation sites excluding steroid dienone is 1. The first kappa shape index (κ1) is 16.7. The number of hydrogen-bond donors (Lipinski definition) is 1. The van der Waals surface area contributed by atoms with Crippen molar-refractivity contribution in [2.24, 2.45) is 5.10 Å². The molecule has 3 rings (SSSR count). The summed E-state index contributed by atoms with van der Waals surface area (Å²) in [5.41, 5.74) is 5.47. The molecular weight excluding hydrogens is 308 g/mol. The summed E-state index contributed by atoms with van der Waals surface area (Å²) in [6.07, 6.45) is 4.16. The third-order valence-corrected chi connectivity index (χ3v) is 3.90. The van der Waals surface area contributed by atoms with Crippen LogP contribution in [0.15, 0.2) is 84.0 Å². The lowest BCUT2D eigenvalue weighted by molar-refractivity contribution is -0.120. The molecule has 0 aliphatic carbocycles. The van der Waals surface area contributed by atoms with E-state index in [1.54, 1.807) is 0 Å². The molecule has 25 heavy (non-hydrogen) atoms. The molecule has 1 N–H and O–H groups in total. The predicted octanol–water partition coefficient (Wildman–Crippen LogP) is 4.59. The van der Waals surface area contributed by atoms with E-state index < -0.39 is 0 Å². The standard InChI is InChI=1S/C22H20N2O/c1-17(14-15-18-8-3-2-4-9-18)23-24-22(25)16-20-12-7-11-19-10-5-6-13-21(19)20/h2-15H,16H2,1H3,(H,24,25). The molecule has 0 atom stereocenters. The number of nitrogens with zero attached hydrogens (tertiary/aromatic N) is 1. The summed E-state index contributed by atoms with van der Waals surface area (Å²) in [4.78, 5) is 12.2. The molecule has 1 amide bonds. The third kappa shape index (κ3) is 4.64. The van der Waals surface area contributed by atoms with Gasteiger partial charge < -0.3 is 0 Å². The van der Waals surface area contributed by atoms with Crippen molar-refractivity contribution in [2.75, 3.05) is 0 Å². The Labute approximate surface area is 147 Å². The maximum atomic E-state index is 12.2. The van der Waals surface area contributed by atoms with Crippen LogP contribution in [0, 0.1) is 0 Å². The van der Waals surface area contributed by atoms with Crippen LogP contribution in [-0.4, -0.2) is 11.6 Å². The molecule has 3 nitrogen and oxygen atoms in total. The molecule has 0 unspecified atom stereocenters. The van der Waals surface area contributed by atoms with E-state index in [4.69, 9.17) is 0 Å². The Balaban J connectivity index is 1.63. The number of fused-ring (bicyclic) bond motifs is 1. The summed E-state index contributed by atoms with van der Waals surface area (Å²) >= 11 is 0. The van der Waals surface area contributed by atoms with E-state index in [0.717, 1.165) is 27.6 Å². The Morgan fingerprint density at radius 1 is 0.960 bits per heavy atom. The number of benzene rings is 3. The molecule has 0 aliphatic heterocycles. The first-order valence-corrected chi connectivity index (χ1v) is 8.25. The van der Waals surface area contributed by atoms with Crippen LogP contribution in [0.1, 0.15) is 18.1 Å². The highest BCUT2D eigenvalue weighted by atomic mass is 16.2. The second-order valence-electron chi connectivity index (χ2n) is 5.85. The van der Waals surface area contributed by atoms with Crippen molar-refractivity contribution in [2.45, 2.75) is 13.3 Å². The molecule has 3 heteroatoms. The molecule has 0 bridgehead atoms. The molecular formula is C22H20N2O. The van der Waals surface area contributed by atoms with Gasteiger partial charge >= 0.3 is 0 Å². The average Bonchev–Trinajstić information content (AvgIpc) is 2.66. The fraction of sp³-hybridized carbons (Fsp3) is 0.0909. The number of rotatable bonds is 5. The quantitative estimate of drug-likeness (QED) is 0.540. The van der Waals surface area contributed by atoms with Gasteiger partial charge in [0.2, 0.25) is 5.91 Å². The van der Waals surface area contributed by atoms with Gasteiger partial charge in [0.05, 0.1) is 12.1 Å². The minimum atomic E-state index is -0.121. The highest BCUT2D eigenvalue weighted by Crippen LogP contribution is 2.18. The minimum absolute atomic E-state index is 0.121. The van der Waals surface area contributed by atoms with Gasteiger partial charge in [-0.3, -0.25) is 4.79 Å². The van der Waals surface area contributed by atoms with Crippen molar-refractivity contribution < 1.29 is 4.79 Å². The van der Waals surface area contributed by atoms with Crippen LogP contribution in [0.4, 0.5) is 0 Å². The van der Waals surface area contributed by atoms with Crippen molar-refractivity contribution in [3.63, 3.8) is 0 Å². The number of nitrogens with one attached hydrogen (secondary N) is 1. The molecule has 0 radical (unpaired) electrons. The molecule has 0 saturated carbocycles. The number of carbonyl (C=O) groups is 1. The summed E-state index contributed by atoms with van der Waals surface area (Å²) in [7, 11) is 0. The van der Waals surface area contributed by atoms with Crippen LogP contribution in [0.3, 0.4) is 0 Å². The van der Waals surface area contributed by atoms with Gasteiger partial charge in [0.25, 0.3) is 0 Å². The van der Waals surface area contributed by atoms with Gasteiger partial charge in [-0.25, -0.2) is 5.43 Å². The number of carbonyl (C=O) groups excluding carboxylic acids is 1. The predicted molar refractivity (Wildman–Crippen MR) is 104 cm³/mol. The Morgan fingerprint density at radius 3 is 2.52 bits per heavy atom. The number of hydrazone groups is 1. The lowest BCUT2D eigenvalue weighted by Gasteiger charge is -2.05. The van der Waals surface area contributed by atoms with E-state index in [2.05, 4.69) is 10.5 Å². The molecule has 0 aromatic heterocycles. The van der Waals surface area contributed by atoms with Crippen molar-refractivity contribution in [1.29, 1.82) is 0 Å². The fourth-order valence-electron chi connectivity index (χ4n) is 2.63. The largest absolute Gasteiger partial charge is 0.273 e. The van der Waals surface area contributed by atoms with E-state index >= 15 is 0 Å². The molecule has 0 heterocycles. The number of hydrogen-bond acceptors (Lipinski definition) is 2. The highest BCUT2D eigenvalue weighted by molar-refractivity contribution is 5.97. The minimum Gasteiger partial charge on any atom is -0.273 e. The van der Waals surface area contributed by atoms with Gasteiger partial charge in [-0.1, -0.05) is 78.9 Å². The monoisotopic (exact) mass is 328 g/mol. The van der Waals surface area contributed by atoms with Crippen molar-refractivity contribution in [3.8, 4) is 0 Å². The first-order valence-electron chi connectivity index (χ1n) is 8.25. The van der Waals surface area contributed by atoms with Gasteiger partial charge in [-0.05, 0) is 34.9 Å². The van der Waals surface area contributed by atoms with E-state index in [1.165, 1.54) is 0 Å². The van der Waals surface area contributed by atoms with Crippen LogP contribution in [-0.2, 0) is 11.2 Å². The van der Waals surface area contributed by atoms with Gasteiger partial charge in [0.15, 0.2) is 0 Å². The Hall–Kier alpha value is -3.20. The maximum absolute atomic E-state index is 12.2.